The molecule has 1 aromatic rings. The SMILES string of the molecule is NC(=O)CN1CCN(c2ccc(Cl)cc2[N+](=O)[O-])CC1. The highest BCUT2D eigenvalue weighted by atomic mass is 35.5. The molecule has 1 amide bonds. The van der Waals surface area contributed by atoms with Crippen molar-refractivity contribution in [3.05, 3.63) is 33.3 Å². The van der Waals surface area contributed by atoms with Crippen molar-refractivity contribution in [3.8, 4) is 0 Å². The standard InChI is InChI=1S/C12H15ClN4O3/c13-9-1-2-10(11(7-9)17(19)20)16-5-3-15(4-6-16)8-12(14)18/h1-2,7H,3-6,8H2,(H2,14,18). The molecule has 1 aromatic carbocycles. The Labute approximate surface area is 121 Å². The Balaban J connectivity index is 2.11. The number of halogens is 1. The number of piperazine rings is 1. The summed E-state index contributed by atoms with van der Waals surface area (Å²) in [4.78, 5) is 25.4. The smallest absolute Gasteiger partial charge is 0.294 e. The van der Waals surface area contributed by atoms with Gasteiger partial charge in [-0.1, -0.05) is 11.6 Å². The van der Waals surface area contributed by atoms with E-state index in [2.05, 4.69) is 0 Å². The van der Waals surface area contributed by atoms with E-state index in [1.165, 1.54) is 6.07 Å². The lowest BCUT2D eigenvalue weighted by Gasteiger charge is -2.35. The summed E-state index contributed by atoms with van der Waals surface area (Å²) < 4.78 is 0. The number of carbonyl (C=O) groups excluding carboxylic acids is 1. The topological polar surface area (TPSA) is 92.7 Å². The van der Waals surface area contributed by atoms with Crippen LogP contribution in [0.25, 0.3) is 0 Å². The summed E-state index contributed by atoms with van der Waals surface area (Å²) in [5.41, 5.74) is 5.71. The van der Waals surface area contributed by atoms with Crippen molar-refractivity contribution in [1.29, 1.82) is 0 Å². The average Bonchev–Trinajstić information content (AvgIpc) is 2.39. The fourth-order valence-electron chi connectivity index (χ4n) is 2.28. The van der Waals surface area contributed by atoms with Gasteiger partial charge in [0.1, 0.15) is 5.69 Å². The lowest BCUT2D eigenvalue weighted by Crippen LogP contribution is -2.49. The molecule has 1 fully saturated rings. The van der Waals surface area contributed by atoms with Crippen LogP contribution in [0.15, 0.2) is 18.2 Å². The molecule has 1 heterocycles. The number of rotatable bonds is 4. The maximum absolute atomic E-state index is 11.1. The van der Waals surface area contributed by atoms with Crippen LogP contribution in [0.4, 0.5) is 11.4 Å². The molecule has 108 valence electrons. The van der Waals surface area contributed by atoms with Crippen LogP contribution in [0.1, 0.15) is 0 Å². The second-order valence-electron chi connectivity index (χ2n) is 4.62. The van der Waals surface area contributed by atoms with Crippen LogP contribution in [0, 0.1) is 10.1 Å². The first-order valence-electron chi connectivity index (χ1n) is 6.17. The number of nitrogens with zero attached hydrogens (tertiary/aromatic N) is 3. The highest BCUT2D eigenvalue weighted by Gasteiger charge is 2.24. The minimum atomic E-state index is -0.434. The van der Waals surface area contributed by atoms with Gasteiger partial charge in [-0.15, -0.1) is 0 Å². The number of primary amides is 1. The zero-order valence-electron chi connectivity index (χ0n) is 10.8. The van der Waals surface area contributed by atoms with Gasteiger partial charge in [-0.3, -0.25) is 19.8 Å². The van der Waals surface area contributed by atoms with E-state index in [0.29, 0.717) is 36.9 Å². The molecule has 8 heteroatoms. The quantitative estimate of drug-likeness (QED) is 0.657. The van der Waals surface area contributed by atoms with Gasteiger partial charge in [0, 0.05) is 37.3 Å². The van der Waals surface area contributed by atoms with Crippen molar-refractivity contribution in [2.45, 2.75) is 0 Å². The third kappa shape index (κ3) is 3.37. The Morgan fingerprint density at radius 3 is 2.55 bits per heavy atom. The number of hydrogen-bond acceptors (Lipinski definition) is 5. The molecule has 0 radical (unpaired) electrons. The maximum atomic E-state index is 11.1. The van der Waals surface area contributed by atoms with E-state index in [1.54, 1.807) is 12.1 Å². The molecule has 0 bridgehead atoms. The molecule has 0 spiro atoms. The van der Waals surface area contributed by atoms with Gasteiger partial charge in [-0.05, 0) is 12.1 Å². The van der Waals surface area contributed by atoms with Crippen LogP contribution in [-0.4, -0.2) is 48.5 Å². The van der Waals surface area contributed by atoms with Crippen molar-refractivity contribution >= 4 is 28.9 Å². The lowest BCUT2D eigenvalue weighted by atomic mass is 10.2. The van der Waals surface area contributed by atoms with Gasteiger partial charge < -0.3 is 10.6 Å². The largest absolute Gasteiger partial charge is 0.369 e. The van der Waals surface area contributed by atoms with E-state index in [0.717, 1.165) is 0 Å². The van der Waals surface area contributed by atoms with Crippen LogP contribution >= 0.6 is 11.6 Å². The second kappa shape index (κ2) is 6.06. The molecule has 7 nitrogen and oxygen atoms in total. The van der Waals surface area contributed by atoms with Crippen molar-refractivity contribution in [2.24, 2.45) is 5.73 Å². The molecule has 0 saturated carbocycles. The first-order chi connectivity index (χ1) is 9.47. The number of nitro groups is 1. The highest BCUT2D eigenvalue weighted by Crippen LogP contribution is 2.31. The van der Waals surface area contributed by atoms with E-state index in [-0.39, 0.29) is 18.1 Å². The minimum Gasteiger partial charge on any atom is -0.369 e. The molecule has 0 aliphatic carbocycles. The number of anilines is 1. The number of hydrogen-bond donors (Lipinski definition) is 1. The van der Waals surface area contributed by atoms with Gasteiger partial charge in [-0.2, -0.15) is 0 Å². The van der Waals surface area contributed by atoms with Gasteiger partial charge in [0.2, 0.25) is 5.91 Å². The van der Waals surface area contributed by atoms with Crippen LogP contribution in [-0.2, 0) is 4.79 Å². The molecule has 1 aliphatic heterocycles. The van der Waals surface area contributed by atoms with E-state index in [9.17, 15) is 14.9 Å². The predicted octanol–water partition coefficient (Wildman–Crippen LogP) is 0.856. The van der Waals surface area contributed by atoms with Gasteiger partial charge >= 0.3 is 0 Å². The zero-order chi connectivity index (χ0) is 14.7. The monoisotopic (exact) mass is 298 g/mol. The molecule has 0 unspecified atom stereocenters. The predicted molar refractivity (Wildman–Crippen MR) is 76.0 cm³/mol. The Hall–Kier alpha value is -1.86. The molecule has 0 aromatic heterocycles. The maximum Gasteiger partial charge on any atom is 0.294 e. The van der Waals surface area contributed by atoms with Gasteiger partial charge in [0.25, 0.3) is 5.69 Å². The first kappa shape index (κ1) is 14.5. The fourth-order valence-corrected chi connectivity index (χ4v) is 2.44. The minimum absolute atomic E-state index is 0.000788. The third-order valence-electron chi connectivity index (χ3n) is 3.23. The van der Waals surface area contributed by atoms with Gasteiger partial charge in [0.05, 0.1) is 11.5 Å². The number of amides is 1. The molecule has 0 atom stereocenters. The molecule has 20 heavy (non-hydrogen) atoms. The van der Waals surface area contributed by atoms with E-state index < -0.39 is 4.92 Å². The lowest BCUT2D eigenvalue weighted by molar-refractivity contribution is -0.384. The average molecular weight is 299 g/mol. The number of nitro benzene ring substituents is 1. The molecule has 2 N–H and O–H groups in total. The van der Waals surface area contributed by atoms with Crippen LogP contribution in [0.2, 0.25) is 5.02 Å². The summed E-state index contributed by atoms with van der Waals surface area (Å²) in [6.07, 6.45) is 0. The Kier molecular flexibility index (Phi) is 4.41. The number of nitrogens with two attached hydrogens (primary N) is 1. The third-order valence-corrected chi connectivity index (χ3v) is 3.46. The number of benzene rings is 1. The molecule has 2 rings (SSSR count). The molecular formula is C12H15ClN4O3. The Morgan fingerprint density at radius 1 is 1.35 bits per heavy atom. The summed E-state index contributed by atoms with van der Waals surface area (Å²) >= 11 is 5.80. The van der Waals surface area contributed by atoms with Gasteiger partial charge in [0.15, 0.2) is 0 Å². The van der Waals surface area contributed by atoms with E-state index in [1.807, 2.05) is 9.80 Å². The summed E-state index contributed by atoms with van der Waals surface area (Å²) in [7, 11) is 0. The fraction of sp³-hybridized carbons (Fsp3) is 0.417. The Bertz CT molecular complexity index is 529. The normalized spacial score (nSPS) is 16.1. The zero-order valence-corrected chi connectivity index (χ0v) is 11.5. The summed E-state index contributed by atoms with van der Waals surface area (Å²) in [6, 6.07) is 4.65. The summed E-state index contributed by atoms with van der Waals surface area (Å²) in [6.45, 7) is 2.72. The van der Waals surface area contributed by atoms with Crippen molar-refractivity contribution in [2.75, 3.05) is 37.6 Å². The van der Waals surface area contributed by atoms with Crippen LogP contribution < -0.4 is 10.6 Å². The number of carbonyl (C=O) groups is 1. The highest BCUT2D eigenvalue weighted by molar-refractivity contribution is 6.30. The van der Waals surface area contributed by atoms with E-state index in [4.69, 9.17) is 17.3 Å². The first-order valence-corrected chi connectivity index (χ1v) is 6.54. The Morgan fingerprint density at radius 2 is 2.00 bits per heavy atom. The molecule has 1 saturated heterocycles. The van der Waals surface area contributed by atoms with Gasteiger partial charge in [-0.25, -0.2) is 0 Å². The van der Waals surface area contributed by atoms with Crippen molar-refractivity contribution < 1.29 is 9.72 Å². The molecular weight excluding hydrogens is 284 g/mol. The van der Waals surface area contributed by atoms with Crippen LogP contribution in [0.5, 0.6) is 0 Å². The van der Waals surface area contributed by atoms with Crippen LogP contribution in [0.3, 0.4) is 0 Å². The van der Waals surface area contributed by atoms with Crippen molar-refractivity contribution in [3.63, 3.8) is 0 Å². The summed E-state index contributed by atoms with van der Waals surface area (Å²) in [5.74, 6) is -0.365. The van der Waals surface area contributed by atoms with Crippen molar-refractivity contribution in [1.82, 2.24) is 4.90 Å². The molecule has 1 aliphatic rings. The second-order valence-corrected chi connectivity index (χ2v) is 5.06. The summed E-state index contributed by atoms with van der Waals surface area (Å²) in [5, 5.41) is 11.4. The van der Waals surface area contributed by atoms with E-state index >= 15 is 0 Å².